The number of Topliss-reactive ketones (excluding diaryl/α,β-unsaturated/α-hetero) is 1. The molecule has 0 aliphatic rings. The highest BCUT2D eigenvalue weighted by Crippen LogP contribution is 2.15. The number of rotatable bonds is 12. The molecule has 0 aliphatic carbocycles. The van der Waals surface area contributed by atoms with Crippen LogP contribution in [0.4, 0.5) is 0 Å². The molecule has 8 nitrogen and oxygen atoms in total. The molecular formula is C25H30N4O4. The van der Waals surface area contributed by atoms with Gasteiger partial charge >= 0.3 is 0 Å². The molecule has 0 bridgehead atoms. The predicted octanol–water partition coefficient (Wildman–Crippen LogP) is 1.92. The summed E-state index contributed by atoms with van der Waals surface area (Å²) >= 11 is 0. The zero-order valence-corrected chi connectivity index (χ0v) is 18.9. The minimum Gasteiger partial charge on any atom is -0.350 e. The van der Waals surface area contributed by atoms with Gasteiger partial charge in [-0.3, -0.25) is 19.2 Å². The van der Waals surface area contributed by atoms with Crippen molar-refractivity contribution in [1.82, 2.24) is 16.0 Å². The van der Waals surface area contributed by atoms with Crippen LogP contribution in [0, 0.1) is 5.41 Å². The van der Waals surface area contributed by atoms with Crippen molar-refractivity contribution in [3.8, 4) is 0 Å². The normalized spacial score (nSPS) is 13.2. The Morgan fingerprint density at radius 3 is 2.09 bits per heavy atom. The van der Waals surface area contributed by atoms with Gasteiger partial charge in [-0.25, -0.2) is 0 Å². The van der Waals surface area contributed by atoms with Crippen LogP contribution in [0.1, 0.15) is 37.8 Å². The first-order valence-electron chi connectivity index (χ1n) is 10.7. The first-order valence-corrected chi connectivity index (χ1v) is 10.7. The van der Waals surface area contributed by atoms with E-state index in [9.17, 15) is 19.2 Å². The Morgan fingerprint density at radius 1 is 0.970 bits per heavy atom. The van der Waals surface area contributed by atoms with Crippen molar-refractivity contribution in [3.05, 3.63) is 71.8 Å². The average molecular weight is 451 g/mol. The van der Waals surface area contributed by atoms with E-state index in [1.807, 2.05) is 60.7 Å². The first-order chi connectivity index (χ1) is 15.7. The summed E-state index contributed by atoms with van der Waals surface area (Å²) in [5.41, 5.74) is 0.420. The van der Waals surface area contributed by atoms with Crippen LogP contribution < -0.4 is 16.0 Å². The summed E-state index contributed by atoms with van der Waals surface area (Å²) < 4.78 is 0. The molecule has 0 spiro atoms. The molecule has 3 amide bonds. The van der Waals surface area contributed by atoms with Gasteiger partial charge in [0, 0.05) is 26.3 Å². The van der Waals surface area contributed by atoms with E-state index in [0.717, 1.165) is 11.1 Å². The number of hydrogen-bond acceptors (Lipinski definition) is 5. The zero-order chi connectivity index (χ0) is 24.3. The predicted molar refractivity (Wildman–Crippen MR) is 126 cm³/mol. The van der Waals surface area contributed by atoms with E-state index in [0.29, 0.717) is 6.21 Å². The summed E-state index contributed by atoms with van der Waals surface area (Å²) in [6.45, 7) is 3.18. The molecule has 0 fully saturated rings. The minimum absolute atomic E-state index is 0.0298. The highest BCUT2D eigenvalue weighted by molar-refractivity contribution is 6.26. The molecule has 0 radical (unpaired) electrons. The topological polar surface area (TPSA) is 128 Å². The maximum atomic E-state index is 13.3. The third kappa shape index (κ3) is 8.33. The molecule has 8 heteroatoms. The number of nitrogens with one attached hydrogen (secondary N) is 4. The van der Waals surface area contributed by atoms with Gasteiger partial charge in [-0.2, -0.15) is 0 Å². The van der Waals surface area contributed by atoms with Crippen molar-refractivity contribution in [3.63, 3.8) is 0 Å². The second-order valence-electron chi connectivity index (χ2n) is 8.05. The van der Waals surface area contributed by atoms with Gasteiger partial charge in [0.25, 0.3) is 0 Å². The van der Waals surface area contributed by atoms with Gasteiger partial charge in [0.1, 0.15) is 11.6 Å². The average Bonchev–Trinajstić information content (AvgIpc) is 2.80. The molecule has 0 unspecified atom stereocenters. The lowest BCUT2D eigenvalue weighted by molar-refractivity contribution is -0.135. The van der Waals surface area contributed by atoms with E-state index in [-0.39, 0.29) is 31.7 Å². The van der Waals surface area contributed by atoms with Crippen molar-refractivity contribution in [2.75, 3.05) is 0 Å². The van der Waals surface area contributed by atoms with Gasteiger partial charge < -0.3 is 21.4 Å². The maximum absolute atomic E-state index is 13.3. The SMILES string of the molecule is CC(=O)N[C@](C)(Cc1ccccc1)C(=O)N[C@@H](CCC(=O)C=N)C(=O)NCc1ccccc1. The number of amides is 3. The molecule has 0 saturated heterocycles. The minimum atomic E-state index is -1.31. The fourth-order valence-electron chi connectivity index (χ4n) is 3.43. The zero-order valence-electron chi connectivity index (χ0n) is 18.9. The molecular weight excluding hydrogens is 420 g/mol. The summed E-state index contributed by atoms with van der Waals surface area (Å²) in [5.74, 6) is -1.81. The lowest BCUT2D eigenvalue weighted by Crippen LogP contribution is -2.61. The molecule has 2 rings (SSSR count). The summed E-state index contributed by atoms with van der Waals surface area (Å²) in [6, 6.07) is 17.5. The third-order valence-electron chi connectivity index (χ3n) is 5.13. The van der Waals surface area contributed by atoms with Crippen molar-refractivity contribution >= 4 is 29.7 Å². The van der Waals surface area contributed by atoms with Crippen LogP contribution in [0.5, 0.6) is 0 Å². The van der Waals surface area contributed by atoms with Gasteiger partial charge in [0.2, 0.25) is 17.7 Å². The Morgan fingerprint density at radius 2 is 1.55 bits per heavy atom. The van der Waals surface area contributed by atoms with Gasteiger partial charge in [0.15, 0.2) is 5.78 Å². The van der Waals surface area contributed by atoms with Gasteiger partial charge in [-0.15, -0.1) is 0 Å². The van der Waals surface area contributed by atoms with Gasteiger partial charge in [0.05, 0.1) is 6.21 Å². The lowest BCUT2D eigenvalue weighted by Gasteiger charge is -2.31. The van der Waals surface area contributed by atoms with Gasteiger partial charge in [-0.1, -0.05) is 60.7 Å². The Hall–Kier alpha value is -3.81. The Kier molecular flexibility index (Phi) is 9.47. The van der Waals surface area contributed by atoms with Crippen molar-refractivity contribution in [2.24, 2.45) is 0 Å². The number of carbonyl (C=O) groups is 4. The molecule has 0 aromatic heterocycles. The Bertz CT molecular complexity index is 978. The number of hydrogen-bond donors (Lipinski definition) is 4. The molecule has 4 N–H and O–H groups in total. The van der Waals surface area contributed by atoms with Gasteiger partial charge in [-0.05, 0) is 24.5 Å². The van der Waals surface area contributed by atoms with Crippen LogP contribution in [0.3, 0.4) is 0 Å². The monoisotopic (exact) mass is 450 g/mol. The first kappa shape index (κ1) is 25.5. The quantitative estimate of drug-likeness (QED) is 0.368. The molecule has 2 aromatic carbocycles. The van der Waals surface area contributed by atoms with Crippen LogP contribution in [-0.4, -0.2) is 41.3 Å². The summed E-state index contributed by atoms with van der Waals surface area (Å²) in [5, 5.41) is 15.3. The number of carbonyl (C=O) groups excluding carboxylic acids is 4. The van der Waals surface area contributed by atoms with Crippen LogP contribution in [-0.2, 0) is 32.1 Å². The standard InChI is InChI=1S/C25H30N4O4/c1-18(30)29-25(2,15-19-9-5-3-6-10-19)24(33)28-22(14-13-21(31)16-26)23(32)27-17-20-11-7-4-8-12-20/h3-12,16,22,26H,13-15,17H2,1-2H3,(H,27,32)(H,28,33)(H,29,30)/t22-,25+/m0/s1. The molecule has 0 aliphatic heterocycles. The molecule has 2 atom stereocenters. The van der Waals surface area contributed by atoms with E-state index in [4.69, 9.17) is 5.41 Å². The van der Waals surface area contributed by atoms with Crippen LogP contribution in [0.2, 0.25) is 0 Å². The fourth-order valence-corrected chi connectivity index (χ4v) is 3.43. The second-order valence-corrected chi connectivity index (χ2v) is 8.05. The summed E-state index contributed by atoms with van der Waals surface area (Å²) in [7, 11) is 0. The highest BCUT2D eigenvalue weighted by Gasteiger charge is 2.36. The molecule has 2 aromatic rings. The fraction of sp³-hybridized carbons (Fsp3) is 0.320. The second kappa shape index (κ2) is 12.3. The van der Waals surface area contributed by atoms with E-state index >= 15 is 0 Å². The number of benzene rings is 2. The van der Waals surface area contributed by atoms with E-state index in [1.165, 1.54) is 6.92 Å². The summed E-state index contributed by atoms with van der Waals surface area (Å²) in [6.07, 6.45) is 0.874. The maximum Gasteiger partial charge on any atom is 0.246 e. The van der Waals surface area contributed by atoms with Crippen LogP contribution in [0.15, 0.2) is 60.7 Å². The van der Waals surface area contributed by atoms with Crippen molar-refractivity contribution in [1.29, 1.82) is 5.41 Å². The largest absolute Gasteiger partial charge is 0.350 e. The van der Waals surface area contributed by atoms with E-state index < -0.39 is 29.2 Å². The molecule has 0 saturated carbocycles. The highest BCUT2D eigenvalue weighted by atomic mass is 16.2. The third-order valence-corrected chi connectivity index (χ3v) is 5.13. The van der Waals surface area contributed by atoms with E-state index in [1.54, 1.807) is 6.92 Å². The molecule has 0 heterocycles. The lowest BCUT2D eigenvalue weighted by atomic mass is 9.91. The smallest absolute Gasteiger partial charge is 0.246 e. The van der Waals surface area contributed by atoms with Crippen molar-refractivity contribution in [2.45, 2.75) is 51.2 Å². The number of ketones is 1. The molecule has 174 valence electrons. The Labute approximate surface area is 193 Å². The molecule has 33 heavy (non-hydrogen) atoms. The summed E-state index contributed by atoms with van der Waals surface area (Å²) in [4.78, 5) is 49.6. The van der Waals surface area contributed by atoms with Crippen LogP contribution in [0.25, 0.3) is 0 Å². The van der Waals surface area contributed by atoms with Crippen LogP contribution >= 0.6 is 0 Å². The van der Waals surface area contributed by atoms with Crippen molar-refractivity contribution < 1.29 is 19.2 Å². The van der Waals surface area contributed by atoms with E-state index in [2.05, 4.69) is 16.0 Å². The Balaban J connectivity index is 2.18.